The zero-order chi connectivity index (χ0) is 15.3. The second-order valence-corrected chi connectivity index (χ2v) is 6.12. The molecule has 0 unspecified atom stereocenters. The van der Waals surface area contributed by atoms with Crippen molar-refractivity contribution in [2.75, 3.05) is 6.54 Å². The molecule has 0 aromatic heterocycles. The van der Waals surface area contributed by atoms with Gasteiger partial charge in [-0.2, -0.15) is 5.26 Å². The Morgan fingerprint density at radius 2 is 1.76 bits per heavy atom. The van der Waals surface area contributed by atoms with Gasteiger partial charge in [0, 0.05) is 6.54 Å². The van der Waals surface area contributed by atoms with Crippen LogP contribution in [0.2, 0.25) is 0 Å². The molecule has 0 spiro atoms. The van der Waals surface area contributed by atoms with Crippen LogP contribution in [0.3, 0.4) is 0 Å². The van der Waals surface area contributed by atoms with Gasteiger partial charge in [-0.05, 0) is 30.2 Å². The van der Waals surface area contributed by atoms with Crippen molar-refractivity contribution in [2.45, 2.75) is 11.3 Å². The Labute approximate surface area is 123 Å². The van der Waals surface area contributed by atoms with Crippen molar-refractivity contribution in [3.63, 3.8) is 0 Å². The van der Waals surface area contributed by atoms with Gasteiger partial charge < -0.3 is 5.11 Å². The summed E-state index contributed by atoms with van der Waals surface area (Å²) in [5.41, 5.74) is 0.765. The fourth-order valence-electron chi connectivity index (χ4n) is 1.91. The number of hydrogen-bond acceptors (Lipinski definition) is 4. The number of nitrogens with zero attached hydrogens (tertiary/aromatic N) is 1. The quantitative estimate of drug-likeness (QED) is 0.881. The molecule has 2 aromatic carbocycles. The average molecular weight is 302 g/mol. The van der Waals surface area contributed by atoms with Crippen LogP contribution < -0.4 is 4.72 Å². The van der Waals surface area contributed by atoms with E-state index in [2.05, 4.69) is 4.72 Å². The van der Waals surface area contributed by atoms with Crippen LogP contribution in [0.5, 0.6) is 5.75 Å². The number of sulfonamides is 1. The van der Waals surface area contributed by atoms with Gasteiger partial charge in [0.2, 0.25) is 10.0 Å². The predicted octanol–water partition coefficient (Wildman–Crippen LogP) is 1.78. The van der Waals surface area contributed by atoms with Gasteiger partial charge in [0.05, 0.1) is 10.5 Å². The Morgan fingerprint density at radius 1 is 1.10 bits per heavy atom. The number of para-hydroxylation sites is 1. The van der Waals surface area contributed by atoms with Crippen LogP contribution >= 0.6 is 0 Å². The molecule has 0 amide bonds. The largest absolute Gasteiger partial charge is 0.508 e. The molecule has 0 saturated heterocycles. The number of phenolic OH excluding ortho intramolecular Hbond substituents is 1. The molecule has 0 saturated carbocycles. The van der Waals surface area contributed by atoms with E-state index >= 15 is 0 Å². The first-order valence-electron chi connectivity index (χ1n) is 6.30. The monoisotopic (exact) mass is 302 g/mol. The van der Waals surface area contributed by atoms with Crippen molar-refractivity contribution in [3.8, 4) is 11.8 Å². The van der Waals surface area contributed by atoms with Crippen LogP contribution in [0.1, 0.15) is 11.1 Å². The van der Waals surface area contributed by atoms with Crippen molar-refractivity contribution in [1.29, 1.82) is 5.26 Å². The summed E-state index contributed by atoms with van der Waals surface area (Å²) in [7, 11) is -3.74. The van der Waals surface area contributed by atoms with Gasteiger partial charge in [-0.15, -0.1) is 0 Å². The third-order valence-electron chi connectivity index (χ3n) is 2.98. The molecule has 21 heavy (non-hydrogen) atoms. The van der Waals surface area contributed by atoms with Crippen molar-refractivity contribution in [1.82, 2.24) is 4.72 Å². The molecule has 5 nitrogen and oxygen atoms in total. The van der Waals surface area contributed by atoms with E-state index in [9.17, 15) is 13.5 Å². The van der Waals surface area contributed by atoms with Gasteiger partial charge in [-0.25, -0.2) is 13.1 Å². The third-order valence-corrected chi connectivity index (χ3v) is 4.49. The summed E-state index contributed by atoms with van der Waals surface area (Å²) in [5, 5.41) is 18.6. The minimum atomic E-state index is -3.74. The molecule has 0 fully saturated rings. The molecule has 0 radical (unpaired) electrons. The lowest BCUT2D eigenvalue weighted by molar-refractivity contribution is 0.467. The first-order chi connectivity index (χ1) is 10.0. The lowest BCUT2D eigenvalue weighted by Crippen LogP contribution is -2.26. The maximum absolute atomic E-state index is 12.2. The van der Waals surface area contributed by atoms with Gasteiger partial charge >= 0.3 is 0 Å². The van der Waals surface area contributed by atoms with Crippen LogP contribution in [-0.2, 0) is 16.4 Å². The van der Waals surface area contributed by atoms with E-state index in [1.165, 1.54) is 12.1 Å². The number of benzene rings is 2. The maximum Gasteiger partial charge on any atom is 0.241 e. The standard InChI is InChI=1S/C15H14N2O3S/c16-11-13-6-2-4-8-15(13)21(19,20)17-10-9-12-5-1-3-7-14(12)18/h1-8,17-18H,9-10H2. The van der Waals surface area contributed by atoms with E-state index in [1.807, 2.05) is 6.07 Å². The number of nitrogens with one attached hydrogen (secondary N) is 1. The summed E-state index contributed by atoms with van der Waals surface area (Å²) in [6.07, 6.45) is 0.362. The molecule has 108 valence electrons. The van der Waals surface area contributed by atoms with E-state index in [-0.39, 0.29) is 22.8 Å². The zero-order valence-corrected chi connectivity index (χ0v) is 12.0. The average Bonchev–Trinajstić information content (AvgIpc) is 2.49. The van der Waals surface area contributed by atoms with Crippen LogP contribution in [0.15, 0.2) is 53.4 Å². The summed E-state index contributed by atoms with van der Waals surface area (Å²) < 4.78 is 26.8. The van der Waals surface area contributed by atoms with Gasteiger partial charge in [0.25, 0.3) is 0 Å². The molecule has 2 rings (SSSR count). The highest BCUT2D eigenvalue weighted by atomic mass is 32.2. The van der Waals surface area contributed by atoms with E-state index in [1.54, 1.807) is 36.4 Å². The number of nitriles is 1. The van der Waals surface area contributed by atoms with E-state index in [4.69, 9.17) is 5.26 Å². The summed E-state index contributed by atoms with van der Waals surface area (Å²) in [6.45, 7) is 0.139. The fraction of sp³-hybridized carbons (Fsp3) is 0.133. The molecule has 6 heteroatoms. The molecule has 0 heterocycles. The lowest BCUT2D eigenvalue weighted by Gasteiger charge is -2.08. The van der Waals surface area contributed by atoms with Crippen LogP contribution in [0.4, 0.5) is 0 Å². The van der Waals surface area contributed by atoms with E-state index in [0.717, 1.165) is 0 Å². The van der Waals surface area contributed by atoms with Crippen molar-refractivity contribution in [3.05, 3.63) is 59.7 Å². The number of aromatic hydroxyl groups is 1. The van der Waals surface area contributed by atoms with E-state index in [0.29, 0.717) is 12.0 Å². The first kappa shape index (κ1) is 15.0. The minimum absolute atomic E-state index is 0.0372. The summed E-state index contributed by atoms with van der Waals surface area (Å²) in [5.74, 6) is 0.133. The Bertz CT molecular complexity index is 780. The highest BCUT2D eigenvalue weighted by Gasteiger charge is 2.17. The van der Waals surface area contributed by atoms with Crippen molar-refractivity contribution >= 4 is 10.0 Å². The molecule has 0 aliphatic heterocycles. The highest BCUT2D eigenvalue weighted by molar-refractivity contribution is 7.89. The first-order valence-corrected chi connectivity index (χ1v) is 7.78. The second kappa shape index (κ2) is 6.39. The second-order valence-electron chi connectivity index (χ2n) is 4.38. The van der Waals surface area contributed by atoms with Gasteiger partial charge in [0.15, 0.2) is 0 Å². The minimum Gasteiger partial charge on any atom is -0.508 e. The Morgan fingerprint density at radius 3 is 2.48 bits per heavy atom. The number of rotatable bonds is 5. The molecular formula is C15H14N2O3S. The maximum atomic E-state index is 12.2. The predicted molar refractivity (Wildman–Crippen MR) is 78.2 cm³/mol. The molecule has 0 aliphatic rings. The van der Waals surface area contributed by atoms with Crippen LogP contribution in [0.25, 0.3) is 0 Å². The summed E-state index contributed by atoms with van der Waals surface area (Å²) >= 11 is 0. The fourth-order valence-corrected chi connectivity index (χ4v) is 3.10. The van der Waals surface area contributed by atoms with Crippen molar-refractivity contribution in [2.24, 2.45) is 0 Å². The van der Waals surface area contributed by atoms with Gasteiger partial charge in [-0.1, -0.05) is 30.3 Å². The topological polar surface area (TPSA) is 90.2 Å². The Balaban J connectivity index is 2.09. The van der Waals surface area contributed by atoms with Gasteiger partial charge in [0.1, 0.15) is 11.8 Å². The number of hydrogen-bond donors (Lipinski definition) is 2. The molecule has 2 aromatic rings. The van der Waals surface area contributed by atoms with Crippen molar-refractivity contribution < 1.29 is 13.5 Å². The van der Waals surface area contributed by atoms with E-state index < -0.39 is 10.0 Å². The van der Waals surface area contributed by atoms with Crippen LogP contribution in [-0.4, -0.2) is 20.1 Å². The molecular weight excluding hydrogens is 288 g/mol. The van der Waals surface area contributed by atoms with Gasteiger partial charge in [-0.3, -0.25) is 0 Å². The molecule has 0 aliphatic carbocycles. The Kier molecular flexibility index (Phi) is 4.58. The normalized spacial score (nSPS) is 11.0. The smallest absolute Gasteiger partial charge is 0.241 e. The molecule has 0 bridgehead atoms. The summed E-state index contributed by atoms with van der Waals surface area (Å²) in [4.78, 5) is -0.0372. The third kappa shape index (κ3) is 3.60. The molecule has 0 atom stereocenters. The highest BCUT2D eigenvalue weighted by Crippen LogP contribution is 2.17. The van der Waals surface area contributed by atoms with Crippen LogP contribution in [0, 0.1) is 11.3 Å². The summed E-state index contributed by atoms with van der Waals surface area (Å²) in [6, 6.07) is 14.6. The SMILES string of the molecule is N#Cc1ccccc1S(=O)(=O)NCCc1ccccc1O. The Hall–Kier alpha value is -2.36. The number of phenols is 1. The molecule has 2 N–H and O–H groups in total. The zero-order valence-electron chi connectivity index (χ0n) is 11.2. The lowest BCUT2D eigenvalue weighted by atomic mass is 10.1.